The number of hydrogen-bond acceptors (Lipinski definition) is 3. The van der Waals surface area contributed by atoms with Crippen LogP contribution in [0, 0.1) is 0 Å². The van der Waals surface area contributed by atoms with Gasteiger partial charge in [-0.05, 0) is 86.3 Å². The molecule has 9 rings (SSSR count). The summed E-state index contributed by atoms with van der Waals surface area (Å²) in [6.45, 7) is 0. The molecule has 216 valence electrons. The van der Waals surface area contributed by atoms with Crippen LogP contribution in [0.15, 0.2) is 158 Å². The summed E-state index contributed by atoms with van der Waals surface area (Å²) in [6, 6.07) is 49.3. The molecular formula is C43H29N3. The number of rotatable bonds is 5. The zero-order chi connectivity index (χ0) is 30.5. The molecule has 0 amide bonds. The highest BCUT2D eigenvalue weighted by atomic mass is 14.9. The topological polar surface area (TPSA) is 38.7 Å². The van der Waals surface area contributed by atoms with Gasteiger partial charge in [-0.25, -0.2) is 9.97 Å². The molecule has 6 aromatic carbocycles. The summed E-state index contributed by atoms with van der Waals surface area (Å²) < 4.78 is 0. The Balaban J connectivity index is 1.24. The van der Waals surface area contributed by atoms with Crippen molar-refractivity contribution in [1.29, 1.82) is 0 Å². The second-order valence-electron chi connectivity index (χ2n) is 12.1. The first-order valence-corrected chi connectivity index (χ1v) is 15.8. The van der Waals surface area contributed by atoms with Crippen LogP contribution in [0.4, 0.5) is 0 Å². The summed E-state index contributed by atoms with van der Waals surface area (Å²) in [6.07, 6.45) is 7.33. The van der Waals surface area contributed by atoms with Gasteiger partial charge in [0.2, 0.25) is 0 Å². The van der Waals surface area contributed by atoms with Gasteiger partial charge < -0.3 is 0 Å². The third kappa shape index (κ3) is 4.65. The number of benzene rings is 6. The van der Waals surface area contributed by atoms with E-state index in [4.69, 9.17) is 15.0 Å². The first kappa shape index (κ1) is 26.5. The number of allylic oxidation sites excluding steroid dienone is 4. The average molecular weight is 588 g/mol. The third-order valence-corrected chi connectivity index (χ3v) is 9.18. The van der Waals surface area contributed by atoms with Crippen LogP contribution < -0.4 is 0 Å². The maximum absolute atomic E-state index is 5.18. The summed E-state index contributed by atoms with van der Waals surface area (Å²) in [7, 11) is 0. The number of nitrogens with zero attached hydrogens (tertiary/aromatic N) is 3. The normalized spacial score (nSPS) is 14.9. The van der Waals surface area contributed by atoms with E-state index in [1.807, 2.05) is 24.4 Å². The summed E-state index contributed by atoms with van der Waals surface area (Å²) in [5.41, 5.74) is 8.48. The molecule has 1 unspecified atom stereocenters. The Labute approximate surface area is 267 Å². The molecule has 1 aliphatic carbocycles. The highest BCUT2D eigenvalue weighted by Crippen LogP contribution is 2.42. The standard InChI is InChI=1S/C43H29N3/c1-3-10-28(11-4-1)39-27-40(29-12-5-2-6-13-29)46-43(45-39)37-25-35(24-36(26-37)38-16-7-8-21-44-38)34-22-32-19-17-30-14-9-15-31-18-20-33(23-34)42(32)41(30)31/h1-23,25-27,36H,24H2. The van der Waals surface area contributed by atoms with Crippen LogP contribution in [0.1, 0.15) is 29.4 Å². The van der Waals surface area contributed by atoms with Crippen molar-refractivity contribution >= 4 is 43.5 Å². The van der Waals surface area contributed by atoms with Crippen molar-refractivity contribution in [1.82, 2.24) is 15.0 Å². The van der Waals surface area contributed by atoms with Gasteiger partial charge in [0.15, 0.2) is 5.82 Å². The molecule has 0 saturated carbocycles. The van der Waals surface area contributed by atoms with Crippen LogP contribution >= 0.6 is 0 Å². The van der Waals surface area contributed by atoms with Crippen molar-refractivity contribution < 1.29 is 0 Å². The molecule has 0 saturated heterocycles. The van der Waals surface area contributed by atoms with Crippen molar-refractivity contribution in [2.24, 2.45) is 0 Å². The summed E-state index contributed by atoms with van der Waals surface area (Å²) in [5, 5.41) is 7.76. The van der Waals surface area contributed by atoms with E-state index < -0.39 is 0 Å². The van der Waals surface area contributed by atoms with Gasteiger partial charge in [0.25, 0.3) is 0 Å². The monoisotopic (exact) mass is 587 g/mol. The lowest BCUT2D eigenvalue weighted by Gasteiger charge is -2.23. The molecule has 1 aliphatic rings. The summed E-state index contributed by atoms with van der Waals surface area (Å²) in [5.74, 6) is 0.808. The molecule has 2 aromatic heterocycles. The van der Waals surface area contributed by atoms with Gasteiger partial charge in [0.05, 0.1) is 11.4 Å². The van der Waals surface area contributed by atoms with Crippen LogP contribution in [0.25, 0.3) is 66.0 Å². The largest absolute Gasteiger partial charge is 0.261 e. The van der Waals surface area contributed by atoms with E-state index in [-0.39, 0.29) is 5.92 Å². The van der Waals surface area contributed by atoms with Crippen molar-refractivity contribution in [3.8, 4) is 22.5 Å². The second-order valence-corrected chi connectivity index (χ2v) is 12.1. The molecular weight excluding hydrogens is 558 g/mol. The smallest absolute Gasteiger partial charge is 0.160 e. The Bertz CT molecular complexity index is 2310. The zero-order valence-corrected chi connectivity index (χ0v) is 25.1. The molecule has 3 nitrogen and oxygen atoms in total. The van der Waals surface area contributed by atoms with E-state index in [0.29, 0.717) is 0 Å². The molecule has 8 aromatic rings. The molecule has 3 heteroatoms. The lowest BCUT2D eigenvalue weighted by Crippen LogP contribution is -2.07. The van der Waals surface area contributed by atoms with E-state index in [9.17, 15) is 0 Å². The lowest BCUT2D eigenvalue weighted by atomic mass is 9.83. The molecule has 2 heterocycles. The van der Waals surface area contributed by atoms with Crippen molar-refractivity contribution in [2.75, 3.05) is 0 Å². The Hall–Kier alpha value is -5.93. The third-order valence-electron chi connectivity index (χ3n) is 9.18. The zero-order valence-electron chi connectivity index (χ0n) is 25.1. The number of hydrogen-bond donors (Lipinski definition) is 0. The van der Waals surface area contributed by atoms with E-state index in [1.54, 1.807) is 0 Å². The van der Waals surface area contributed by atoms with Gasteiger partial charge >= 0.3 is 0 Å². The Kier molecular flexibility index (Phi) is 6.27. The highest BCUT2D eigenvalue weighted by Gasteiger charge is 2.23. The molecule has 0 spiro atoms. The molecule has 0 fully saturated rings. The van der Waals surface area contributed by atoms with Gasteiger partial charge in [-0.1, -0.05) is 115 Å². The van der Waals surface area contributed by atoms with Crippen LogP contribution in [-0.4, -0.2) is 15.0 Å². The molecule has 0 aliphatic heterocycles. The van der Waals surface area contributed by atoms with Crippen molar-refractivity contribution in [3.05, 3.63) is 175 Å². The van der Waals surface area contributed by atoms with Gasteiger partial charge in [-0.15, -0.1) is 0 Å². The Morgan fingerprint density at radius 2 is 1.09 bits per heavy atom. The van der Waals surface area contributed by atoms with Gasteiger partial charge in [-0.2, -0.15) is 0 Å². The maximum Gasteiger partial charge on any atom is 0.160 e. The second kappa shape index (κ2) is 10.9. The lowest BCUT2D eigenvalue weighted by molar-refractivity contribution is 0.828. The fourth-order valence-electron chi connectivity index (χ4n) is 6.96. The average Bonchev–Trinajstić information content (AvgIpc) is 3.14. The van der Waals surface area contributed by atoms with E-state index in [0.717, 1.165) is 46.0 Å². The van der Waals surface area contributed by atoms with E-state index >= 15 is 0 Å². The Morgan fingerprint density at radius 1 is 0.500 bits per heavy atom. The minimum atomic E-state index is 0.0890. The summed E-state index contributed by atoms with van der Waals surface area (Å²) >= 11 is 0. The fraction of sp³-hybridized carbons (Fsp3) is 0.0465. The number of pyridine rings is 1. The van der Waals surface area contributed by atoms with Crippen LogP contribution in [0.5, 0.6) is 0 Å². The van der Waals surface area contributed by atoms with Crippen molar-refractivity contribution in [2.45, 2.75) is 12.3 Å². The predicted octanol–water partition coefficient (Wildman–Crippen LogP) is 10.8. The molecule has 0 bridgehead atoms. The molecule has 0 radical (unpaired) electrons. The predicted molar refractivity (Wildman–Crippen MR) is 191 cm³/mol. The molecule has 1 atom stereocenters. The van der Waals surface area contributed by atoms with Crippen LogP contribution in [0.2, 0.25) is 0 Å². The number of aromatic nitrogens is 3. The Morgan fingerprint density at radius 3 is 1.70 bits per heavy atom. The summed E-state index contributed by atoms with van der Waals surface area (Å²) in [4.78, 5) is 15.1. The molecule has 46 heavy (non-hydrogen) atoms. The van der Waals surface area contributed by atoms with Crippen LogP contribution in [-0.2, 0) is 0 Å². The first-order chi connectivity index (χ1) is 22.8. The maximum atomic E-state index is 5.18. The van der Waals surface area contributed by atoms with E-state index in [2.05, 4.69) is 133 Å². The minimum absolute atomic E-state index is 0.0890. The van der Waals surface area contributed by atoms with E-state index in [1.165, 1.54) is 43.5 Å². The fourth-order valence-corrected chi connectivity index (χ4v) is 6.96. The first-order valence-electron chi connectivity index (χ1n) is 15.8. The highest BCUT2D eigenvalue weighted by molar-refractivity contribution is 6.23. The SMILES string of the molecule is C1=C(c2cc3ccc4cccc5ccc(c2)c3c45)CC(c2ccccn2)C=C1c1nc(-c2ccccc2)cc(-c2ccccc2)n1. The quantitative estimate of drug-likeness (QED) is 0.188. The minimum Gasteiger partial charge on any atom is -0.261 e. The van der Waals surface area contributed by atoms with Gasteiger partial charge in [0.1, 0.15) is 0 Å². The van der Waals surface area contributed by atoms with Gasteiger partial charge in [0, 0.05) is 34.5 Å². The van der Waals surface area contributed by atoms with Gasteiger partial charge in [-0.3, -0.25) is 4.98 Å². The van der Waals surface area contributed by atoms with Crippen molar-refractivity contribution in [3.63, 3.8) is 0 Å². The van der Waals surface area contributed by atoms with Crippen LogP contribution in [0.3, 0.4) is 0 Å². The molecule has 0 N–H and O–H groups in total.